The van der Waals surface area contributed by atoms with Crippen LogP contribution in [0.2, 0.25) is 0 Å². The lowest BCUT2D eigenvalue weighted by atomic mass is 9.78. The number of anilines is 1. The fraction of sp³-hybridized carbons (Fsp3) is 0.500. The maximum Gasteiger partial charge on any atom is 0.320 e. The average molecular weight is 271 g/mol. The molecule has 0 atom stereocenters. The van der Waals surface area contributed by atoms with Crippen molar-refractivity contribution in [3.63, 3.8) is 0 Å². The van der Waals surface area contributed by atoms with E-state index in [-0.39, 0.29) is 6.03 Å². The molecule has 0 heterocycles. The fourth-order valence-corrected chi connectivity index (χ4v) is 2.62. The third kappa shape index (κ3) is 3.51. The van der Waals surface area contributed by atoms with Gasteiger partial charge in [0, 0.05) is 5.69 Å². The van der Waals surface area contributed by atoms with Crippen molar-refractivity contribution in [2.45, 2.75) is 45.1 Å². The molecule has 1 aromatic carbocycles. The Hall–Kier alpha value is -2.02. The molecular formula is C16H21N3O. The van der Waals surface area contributed by atoms with Gasteiger partial charge < -0.3 is 10.6 Å². The molecule has 0 saturated heterocycles. The highest BCUT2D eigenvalue weighted by Gasteiger charge is 2.35. The third-order valence-corrected chi connectivity index (χ3v) is 3.97. The first-order valence-corrected chi connectivity index (χ1v) is 7.10. The molecule has 2 N–H and O–H groups in total. The van der Waals surface area contributed by atoms with Crippen molar-refractivity contribution in [2.24, 2.45) is 5.92 Å². The fourth-order valence-electron chi connectivity index (χ4n) is 2.62. The second-order valence-electron chi connectivity index (χ2n) is 5.83. The summed E-state index contributed by atoms with van der Waals surface area (Å²) in [5.41, 5.74) is 1.13. The number of rotatable bonds is 2. The molecule has 0 aliphatic heterocycles. The van der Waals surface area contributed by atoms with Gasteiger partial charge in [0.05, 0.1) is 6.07 Å². The number of nitrogens with one attached hydrogen (secondary N) is 2. The standard InChI is InChI=1S/C16H21N3O/c1-12-6-8-16(11-17,9-7-12)19-15(20)18-14-5-3-4-13(2)10-14/h3-5,10,12H,6-9H2,1-2H3,(H2,18,19,20). The highest BCUT2D eigenvalue weighted by Crippen LogP contribution is 2.31. The summed E-state index contributed by atoms with van der Waals surface area (Å²) in [4.78, 5) is 12.1. The quantitative estimate of drug-likeness (QED) is 0.863. The van der Waals surface area contributed by atoms with Crippen LogP contribution >= 0.6 is 0 Å². The van der Waals surface area contributed by atoms with Gasteiger partial charge in [-0.05, 0) is 56.2 Å². The molecule has 1 fully saturated rings. The number of nitriles is 1. The van der Waals surface area contributed by atoms with E-state index in [1.807, 2.05) is 31.2 Å². The van der Waals surface area contributed by atoms with E-state index in [9.17, 15) is 10.1 Å². The number of hydrogen-bond donors (Lipinski definition) is 2. The first-order chi connectivity index (χ1) is 9.53. The second-order valence-corrected chi connectivity index (χ2v) is 5.83. The molecule has 0 unspecified atom stereocenters. The van der Waals surface area contributed by atoms with Crippen molar-refractivity contribution in [3.8, 4) is 6.07 Å². The van der Waals surface area contributed by atoms with Gasteiger partial charge in [-0.2, -0.15) is 5.26 Å². The first kappa shape index (κ1) is 14.4. The Morgan fingerprint density at radius 1 is 1.40 bits per heavy atom. The zero-order chi connectivity index (χ0) is 14.6. The van der Waals surface area contributed by atoms with E-state index in [4.69, 9.17) is 0 Å². The van der Waals surface area contributed by atoms with Crippen molar-refractivity contribution in [3.05, 3.63) is 29.8 Å². The van der Waals surface area contributed by atoms with Gasteiger partial charge in [-0.1, -0.05) is 19.1 Å². The lowest BCUT2D eigenvalue weighted by molar-refractivity contribution is 0.222. The smallest absolute Gasteiger partial charge is 0.319 e. The summed E-state index contributed by atoms with van der Waals surface area (Å²) >= 11 is 0. The Morgan fingerprint density at radius 2 is 2.10 bits per heavy atom. The predicted octanol–water partition coefficient (Wildman–Crippen LogP) is 3.59. The monoisotopic (exact) mass is 271 g/mol. The number of carbonyl (C=O) groups is 1. The first-order valence-electron chi connectivity index (χ1n) is 7.10. The van der Waals surface area contributed by atoms with Crippen LogP contribution in [0.3, 0.4) is 0 Å². The van der Waals surface area contributed by atoms with Crippen LogP contribution in [0.4, 0.5) is 10.5 Å². The SMILES string of the molecule is Cc1cccc(NC(=O)NC2(C#N)CCC(C)CC2)c1. The van der Waals surface area contributed by atoms with Gasteiger partial charge >= 0.3 is 6.03 Å². The molecule has 4 nitrogen and oxygen atoms in total. The topological polar surface area (TPSA) is 64.9 Å². The van der Waals surface area contributed by atoms with Crippen molar-refractivity contribution < 1.29 is 4.79 Å². The molecule has 1 aliphatic rings. The molecule has 4 heteroatoms. The van der Waals surface area contributed by atoms with E-state index in [0.29, 0.717) is 5.92 Å². The lowest BCUT2D eigenvalue weighted by Gasteiger charge is -2.34. The Kier molecular flexibility index (Phi) is 4.29. The summed E-state index contributed by atoms with van der Waals surface area (Å²) in [6.45, 7) is 4.16. The molecule has 0 radical (unpaired) electrons. The van der Waals surface area contributed by atoms with Gasteiger partial charge in [0.15, 0.2) is 0 Å². The minimum absolute atomic E-state index is 0.299. The van der Waals surface area contributed by atoms with Crippen LogP contribution in [0.15, 0.2) is 24.3 Å². The molecule has 1 aliphatic carbocycles. The number of benzene rings is 1. The number of aryl methyl sites for hydroxylation is 1. The highest BCUT2D eigenvalue weighted by atomic mass is 16.2. The lowest BCUT2D eigenvalue weighted by Crippen LogP contribution is -2.51. The molecule has 0 bridgehead atoms. The van der Waals surface area contributed by atoms with E-state index in [1.165, 1.54) is 0 Å². The van der Waals surface area contributed by atoms with Gasteiger partial charge in [-0.25, -0.2) is 4.79 Å². The molecule has 0 aromatic heterocycles. The Labute approximate surface area is 120 Å². The van der Waals surface area contributed by atoms with Gasteiger partial charge in [0.1, 0.15) is 5.54 Å². The van der Waals surface area contributed by atoms with Crippen LogP contribution in [0.25, 0.3) is 0 Å². The largest absolute Gasteiger partial charge is 0.320 e. The number of carbonyl (C=O) groups excluding carboxylic acids is 1. The molecular weight excluding hydrogens is 250 g/mol. The van der Waals surface area contributed by atoms with Crippen LogP contribution in [-0.2, 0) is 0 Å². The summed E-state index contributed by atoms with van der Waals surface area (Å²) in [6.07, 6.45) is 3.42. The molecule has 1 saturated carbocycles. The Bertz CT molecular complexity index is 525. The van der Waals surface area contributed by atoms with Gasteiger partial charge in [-0.15, -0.1) is 0 Å². The Morgan fingerprint density at radius 3 is 2.70 bits per heavy atom. The van der Waals surface area contributed by atoms with E-state index in [2.05, 4.69) is 23.6 Å². The van der Waals surface area contributed by atoms with Gasteiger partial charge in [0.2, 0.25) is 0 Å². The number of nitrogens with zero attached hydrogens (tertiary/aromatic N) is 1. The van der Waals surface area contributed by atoms with Crippen molar-refractivity contribution in [1.29, 1.82) is 5.26 Å². The van der Waals surface area contributed by atoms with Crippen molar-refractivity contribution in [1.82, 2.24) is 5.32 Å². The normalized spacial score (nSPS) is 25.6. The predicted molar refractivity (Wildman–Crippen MR) is 79.3 cm³/mol. The summed E-state index contributed by atoms with van der Waals surface area (Å²) in [5.74, 6) is 0.637. The number of hydrogen-bond acceptors (Lipinski definition) is 2. The maximum absolute atomic E-state index is 12.1. The Balaban J connectivity index is 1.98. The number of urea groups is 1. The van der Waals surface area contributed by atoms with E-state index >= 15 is 0 Å². The van der Waals surface area contributed by atoms with E-state index in [1.54, 1.807) is 0 Å². The van der Waals surface area contributed by atoms with E-state index in [0.717, 1.165) is 36.9 Å². The molecule has 2 rings (SSSR count). The maximum atomic E-state index is 12.1. The third-order valence-electron chi connectivity index (χ3n) is 3.97. The zero-order valence-corrected chi connectivity index (χ0v) is 12.1. The molecule has 106 valence electrons. The van der Waals surface area contributed by atoms with E-state index < -0.39 is 5.54 Å². The van der Waals surface area contributed by atoms with Crippen molar-refractivity contribution >= 4 is 11.7 Å². The second kappa shape index (κ2) is 5.96. The highest BCUT2D eigenvalue weighted by molar-refractivity contribution is 5.90. The van der Waals surface area contributed by atoms with Crippen LogP contribution in [0.1, 0.15) is 38.2 Å². The summed E-state index contributed by atoms with van der Waals surface area (Å²) in [6, 6.07) is 9.61. The summed E-state index contributed by atoms with van der Waals surface area (Å²) < 4.78 is 0. The number of amides is 2. The van der Waals surface area contributed by atoms with Crippen LogP contribution in [0, 0.1) is 24.2 Å². The van der Waals surface area contributed by atoms with Crippen molar-refractivity contribution in [2.75, 3.05) is 5.32 Å². The molecule has 2 amide bonds. The average Bonchev–Trinajstić information content (AvgIpc) is 2.41. The van der Waals surface area contributed by atoms with Crippen LogP contribution in [-0.4, -0.2) is 11.6 Å². The van der Waals surface area contributed by atoms with Gasteiger partial charge in [-0.3, -0.25) is 0 Å². The zero-order valence-electron chi connectivity index (χ0n) is 12.1. The van der Waals surface area contributed by atoms with Gasteiger partial charge in [0.25, 0.3) is 0 Å². The summed E-state index contributed by atoms with van der Waals surface area (Å²) in [5, 5.41) is 15.1. The minimum Gasteiger partial charge on any atom is -0.319 e. The molecule has 1 aromatic rings. The molecule has 20 heavy (non-hydrogen) atoms. The minimum atomic E-state index is -0.708. The summed E-state index contributed by atoms with van der Waals surface area (Å²) in [7, 11) is 0. The molecule has 0 spiro atoms. The van der Waals surface area contributed by atoms with Crippen LogP contribution < -0.4 is 10.6 Å². The van der Waals surface area contributed by atoms with Crippen LogP contribution in [0.5, 0.6) is 0 Å².